The van der Waals surface area contributed by atoms with Crippen LogP contribution in [0.5, 0.6) is 0 Å². The molecule has 4 heteroatoms. The van der Waals surface area contributed by atoms with Gasteiger partial charge in [0, 0.05) is 6.20 Å². The summed E-state index contributed by atoms with van der Waals surface area (Å²) in [5, 5.41) is 1.10. The minimum absolute atomic E-state index is 0. The van der Waals surface area contributed by atoms with E-state index in [-0.39, 0.29) is 12.4 Å². The van der Waals surface area contributed by atoms with E-state index in [4.69, 9.17) is 0 Å². The lowest BCUT2D eigenvalue weighted by atomic mass is 10.5. The van der Waals surface area contributed by atoms with Crippen LogP contribution in [0.15, 0.2) is 18.5 Å². The molecule has 0 amide bonds. The van der Waals surface area contributed by atoms with Gasteiger partial charge >= 0.3 is 0 Å². The Labute approximate surface area is 74.7 Å². The van der Waals surface area contributed by atoms with Crippen molar-refractivity contribution >= 4 is 34.0 Å². The molecule has 2 rings (SSSR count). The largest absolute Gasteiger partial charge is 0.262 e. The van der Waals surface area contributed by atoms with Crippen molar-refractivity contribution in [2.24, 2.45) is 0 Å². The van der Waals surface area contributed by atoms with Crippen LogP contribution in [0.2, 0.25) is 0 Å². The molecule has 0 saturated heterocycles. The lowest BCUT2D eigenvalue weighted by Gasteiger charge is -1.80. The van der Waals surface area contributed by atoms with E-state index in [1.54, 1.807) is 23.7 Å². The zero-order valence-electron chi connectivity index (χ0n) is 5.94. The molecule has 0 aliphatic rings. The van der Waals surface area contributed by atoms with Gasteiger partial charge in [0.05, 0.1) is 21.4 Å². The zero-order valence-corrected chi connectivity index (χ0v) is 7.58. The molecule has 0 aliphatic heterocycles. The summed E-state index contributed by atoms with van der Waals surface area (Å²) in [6, 6.07) is 1.99. The lowest BCUT2D eigenvalue weighted by molar-refractivity contribution is 1.30. The van der Waals surface area contributed by atoms with Gasteiger partial charge in [-0.05, 0) is 13.0 Å². The monoisotopic (exact) mass is 186 g/mol. The molecule has 0 aliphatic carbocycles. The predicted octanol–water partition coefficient (Wildman–Crippen LogP) is 2.42. The molecular weight excluding hydrogens is 180 g/mol. The third-order valence-electron chi connectivity index (χ3n) is 1.30. The maximum absolute atomic E-state index is 4.27. The minimum atomic E-state index is 0. The van der Waals surface area contributed by atoms with Gasteiger partial charge in [-0.3, -0.25) is 4.98 Å². The van der Waals surface area contributed by atoms with E-state index in [0.29, 0.717) is 0 Å². The van der Waals surface area contributed by atoms with E-state index in [9.17, 15) is 0 Å². The summed E-state index contributed by atoms with van der Waals surface area (Å²) in [5.41, 5.74) is 1.00. The van der Waals surface area contributed by atoms with Gasteiger partial charge in [-0.2, -0.15) is 0 Å². The van der Waals surface area contributed by atoms with E-state index in [1.165, 1.54) is 4.70 Å². The Bertz CT molecular complexity index is 325. The average molecular weight is 187 g/mol. The summed E-state index contributed by atoms with van der Waals surface area (Å²) in [5.74, 6) is 0. The van der Waals surface area contributed by atoms with Gasteiger partial charge in [-0.25, -0.2) is 4.98 Å². The number of hydrogen-bond donors (Lipinski definition) is 0. The Kier molecular flexibility index (Phi) is 2.42. The van der Waals surface area contributed by atoms with Crippen LogP contribution in [-0.4, -0.2) is 9.97 Å². The van der Waals surface area contributed by atoms with Crippen molar-refractivity contribution in [3.63, 3.8) is 0 Å². The van der Waals surface area contributed by atoms with Gasteiger partial charge in [-0.15, -0.1) is 23.7 Å². The van der Waals surface area contributed by atoms with Crippen LogP contribution in [0.1, 0.15) is 5.01 Å². The Morgan fingerprint density at radius 2 is 2.27 bits per heavy atom. The molecule has 0 radical (unpaired) electrons. The molecule has 2 aromatic heterocycles. The summed E-state index contributed by atoms with van der Waals surface area (Å²) in [4.78, 5) is 8.24. The van der Waals surface area contributed by atoms with Gasteiger partial charge in [0.15, 0.2) is 0 Å². The molecule has 11 heavy (non-hydrogen) atoms. The number of thiazole rings is 1. The smallest absolute Gasteiger partial charge is 0.0998 e. The summed E-state index contributed by atoms with van der Waals surface area (Å²) in [6.07, 6.45) is 3.58. The van der Waals surface area contributed by atoms with Crippen LogP contribution >= 0.6 is 23.7 Å². The van der Waals surface area contributed by atoms with Crippen molar-refractivity contribution in [2.45, 2.75) is 6.92 Å². The highest BCUT2D eigenvalue weighted by Crippen LogP contribution is 2.18. The molecule has 0 aromatic carbocycles. The third kappa shape index (κ3) is 1.49. The van der Waals surface area contributed by atoms with Crippen molar-refractivity contribution in [1.29, 1.82) is 0 Å². The van der Waals surface area contributed by atoms with Crippen molar-refractivity contribution in [1.82, 2.24) is 9.97 Å². The van der Waals surface area contributed by atoms with Gasteiger partial charge in [0.2, 0.25) is 0 Å². The number of hydrogen-bond acceptors (Lipinski definition) is 3. The maximum atomic E-state index is 4.27. The molecule has 0 spiro atoms. The first kappa shape index (κ1) is 8.43. The highest BCUT2D eigenvalue weighted by Gasteiger charge is 1.96. The zero-order chi connectivity index (χ0) is 6.97. The SMILES string of the molecule is Cc1nc2cnccc2s1.Cl. The van der Waals surface area contributed by atoms with E-state index >= 15 is 0 Å². The second-order valence-electron chi connectivity index (χ2n) is 2.08. The van der Waals surface area contributed by atoms with Crippen LogP contribution in [0.3, 0.4) is 0 Å². The number of nitrogens with zero attached hydrogens (tertiary/aromatic N) is 2. The van der Waals surface area contributed by atoms with Gasteiger partial charge in [0.1, 0.15) is 0 Å². The third-order valence-corrected chi connectivity index (χ3v) is 2.25. The number of aromatic nitrogens is 2. The second kappa shape index (κ2) is 3.15. The molecule has 0 bridgehead atoms. The Hall–Kier alpha value is -0.670. The summed E-state index contributed by atoms with van der Waals surface area (Å²) < 4.78 is 1.22. The first-order valence-electron chi connectivity index (χ1n) is 3.03. The molecule has 0 fully saturated rings. The standard InChI is InChI=1S/C7H6N2S.ClH/c1-5-9-6-4-8-3-2-7(6)10-5;/h2-4H,1H3;1H. The molecule has 2 nitrogen and oxygen atoms in total. The number of pyridine rings is 1. The second-order valence-corrected chi connectivity index (χ2v) is 3.31. The molecule has 0 unspecified atom stereocenters. The van der Waals surface area contributed by atoms with Crippen molar-refractivity contribution in [3.05, 3.63) is 23.5 Å². The van der Waals surface area contributed by atoms with Crippen LogP contribution in [0, 0.1) is 6.92 Å². The van der Waals surface area contributed by atoms with Crippen molar-refractivity contribution in [2.75, 3.05) is 0 Å². The fourth-order valence-electron chi connectivity index (χ4n) is 0.895. The first-order chi connectivity index (χ1) is 4.86. The Balaban J connectivity index is 0.000000605. The quantitative estimate of drug-likeness (QED) is 0.632. The van der Waals surface area contributed by atoms with E-state index in [2.05, 4.69) is 9.97 Å². The molecule has 2 heterocycles. The molecule has 0 N–H and O–H groups in total. The minimum Gasteiger partial charge on any atom is -0.262 e. The highest BCUT2D eigenvalue weighted by molar-refractivity contribution is 7.18. The van der Waals surface area contributed by atoms with Crippen LogP contribution in [0.25, 0.3) is 10.2 Å². The maximum Gasteiger partial charge on any atom is 0.0998 e. The fourth-order valence-corrected chi connectivity index (χ4v) is 1.69. The number of fused-ring (bicyclic) bond motifs is 1. The van der Waals surface area contributed by atoms with Crippen LogP contribution in [-0.2, 0) is 0 Å². The van der Waals surface area contributed by atoms with Crippen molar-refractivity contribution < 1.29 is 0 Å². The Morgan fingerprint density at radius 3 is 3.00 bits per heavy atom. The number of rotatable bonds is 0. The Morgan fingerprint density at radius 1 is 1.45 bits per heavy atom. The van der Waals surface area contributed by atoms with Gasteiger partial charge in [0.25, 0.3) is 0 Å². The number of halogens is 1. The molecule has 0 atom stereocenters. The highest BCUT2D eigenvalue weighted by atomic mass is 35.5. The summed E-state index contributed by atoms with van der Waals surface area (Å²) in [7, 11) is 0. The lowest BCUT2D eigenvalue weighted by Crippen LogP contribution is -1.69. The van der Waals surface area contributed by atoms with E-state index < -0.39 is 0 Å². The molecule has 0 saturated carbocycles. The average Bonchev–Trinajstić information content (AvgIpc) is 2.27. The predicted molar refractivity (Wildman–Crippen MR) is 49.4 cm³/mol. The summed E-state index contributed by atoms with van der Waals surface area (Å²) in [6.45, 7) is 2.00. The summed E-state index contributed by atoms with van der Waals surface area (Å²) >= 11 is 1.70. The topological polar surface area (TPSA) is 25.8 Å². The van der Waals surface area contributed by atoms with Gasteiger partial charge < -0.3 is 0 Å². The molecule has 58 valence electrons. The van der Waals surface area contributed by atoms with E-state index in [1.807, 2.05) is 13.0 Å². The van der Waals surface area contributed by atoms with Crippen molar-refractivity contribution in [3.8, 4) is 0 Å². The van der Waals surface area contributed by atoms with Crippen LogP contribution < -0.4 is 0 Å². The first-order valence-corrected chi connectivity index (χ1v) is 3.85. The normalized spacial score (nSPS) is 9.55. The van der Waals surface area contributed by atoms with E-state index in [0.717, 1.165) is 10.5 Å². The van der Waals surface area contributed by atoms with Crippen LogP contribution in [0.4, 0.5) is 0 Å². The molecule has 2 aromatic rings. The fraction of sp³-hybridized carbons (Fsp3) is 0.143. The number of aryl methyl sites for hydroxylation is 1. The molecular formula is C7H7ClN2S. The van der Waals surface area contributed by atoms with Gasteiger partial charge in [-0.1, -0.05) is 0 Å².